The van der Waals surface area contributed by atoms with Gasteiger partial charge in [0.1, 0.15) is 0 Å². The van der Waals surface area contributed by atoms with Crippen LogP contribution in [0.25, 0.3) is 0 Å². The van der Waals surface area contributed by atoms with Gasteiger partial charge in [-0.1, -0.05) is 6.92 Å². The van der Waals surface area contributed by atoms with Crippen molar-refractivity contribution in [1.82, 2.24) is 9.88 Å². The maximum Gasteiger partial charge on any atom is 0.0795 e. The number of aromatic nitrogens is 1. The molecule has 0 bridgehead atoms. The lowest BCUT2D eigenvalue weighted by molar-refractivity contribution is 0.0316. The highest BCUT2D eigenvalue weighted by atomic mass is 32.1. The lowest BCUT2D eigenvalue weighted by Gasteiger charge is -2.33. The summed E-state index contributed by atoms with van der Waals surface area (Å²) >= 11 is 1.64. The average Bonchev–Trinajstić information content (AvgIpc) is 2.64. The van der Waals surface area contributed by atoms with Crippen LogP contribution in [-0.2, 0) is 6.54 Å². The highest BCUT2D eigenvalue weighted by Gasteiger charge is 2.24. The number of piperidine rings is 1. The van der Waals surface area contributed by atoms with E-state index in [-0.39, 0.29) is 6.10 Å². The zero-order chi connectivity index (χ0) is 9.97. The van der Waals surface area contributed by atoms with Gasteiger partial charge in [0.15, 0.2) is 0 Å². The van der Waals surface area contributed by atoms with Crippen molar-refractivity contribution < 1.29 is 5.11 Å². The number of aliphatic hydroxyl groups is 1. The first-order valence-corrected chi connectivity index (χ1v) is 5.97. The van der Waals surface area contributed by atoms with E-state index in [1.54, 1.807) is 11.3 Å². The molecule has 0 radical (unpaired) electrons. The molecular weight excluding hydrogens is 196 g/mol. The molecule has 2 atom stereocenters. The van der Waals surface area contributed by atoms with E-state index in [0.29, 0.717) is 5.92 Å². The van der Waals surface area contributed by atoms with Gasteiger partial charge in [0.2, 0.25) is 0 Å². The third-order valence-corrected chi connectivity index (χ3v) is 3.45. The first-order valence-electron chi connectivity index (χ1n) is 5.03. The summed E-state index contributed by atoms with van der Waals surface area (Å²) in [5, 5.41) is 11.7. The Morgan fingerprint density at radius 3 is 3.21 bits per heavy atom. The van der Waals surface area contributed by atoms with Crippen molar-refractivity contribution in [1.29, 1.82) is 0 Å². The van der Waals surface area contributed by atoms with Crippen LogP contribution in [0.3, 0.4) is 0 Å². The van der Waals surface area contributed by atoms with Gasteiger partial charge in [0.05, 0.1) is 17.3 Å². The summed E-state index contributed by atoms with van der Waals surface area (Å²) in [6.07, 6.45) is 0.785. The summed E-state index contributed by atoms with van der Waals surface area (Å²) in [6.45, 7) is 5.01. The van der Waals surface area contributed by atoms with Gasteiger partial charge in [-0.15, -0.1) is 11.3 Å². The number of rotatable bonds is 2. The van der Waals surface area contributed by atoms with Crippen molar-refractivity contribution in [2.24, 2.45) is 5.92 Å². The molecule has 0 aliphatic carbocycles. The molecule has 0 spiro atoms. The smallest absolute Gasteiger partial charge is 0.0795 e. The first-order chi connectivity index (χ1) is 6.75. The third kappa shape index (κ3) is 2.32. The van der Waals surface area contributed by atoms with E-state index >= 15 is 0 Å². The summed E-state index contributed by atoms with van der Waals surface area (Å²) < 4.78 is 0. The standard InChI is InChI=1S/C10H16N2OS/c1-8-4-12(3-2-10(8)13)5-9-6-14-7-11-9/h6-8,10,13H,2-5H2,1H3. The van der Waals surface area contributed by atoms with Crippen molar-refractivity contribution in [3.05, 3.63) is 16.6 Å². The molecule has 2 rings (SSSR count). The maximum absolute atomic E-state index is 9.58. The van der Waals surface area contributed by atoms with Crippen LogP contribution in [0.2, 0.25) is 0 Å². The van der Waals surface area contributed by atoms with Gasteiger partial charge in [-0.2, -0.15) is 0 Å². The number of likely N-dealkylation sites (tertiary alicyclic amines) is 1. The Hall–Kier alpha value is -0.450. The van der Waals surface area contributed by atoms with Crippen LogP contribution in [0.5, 0.6) is 0 Å². The van der Waals surface area contributed by atoms with Gasteiger partial charge in [0, 0.05) is 25.0 Å². The van der Waals surface area contributed by atoms with Crippen molar-refractivity contribution in [3.63, 3.8) is 0 Å². The minimum absolute atomic E-state index is 0.110. The molecule has 2 heterocycles. The van der Waals surface area contributed by atoms with Crippen molar-refractivity contribution in [2.45, 2.75) is 26.0 Å². The van der Waals surface area contributed by atoms with E-state index in [2.05, 4.69) is 22.2 Å². The topological polar surface area (TPSA) is 36.4 Å². The van der Waals surface area contributed by atoms with Crippen molar-refractivity contribution in [2.75, 3.05) is 13.1 Å². The second kappa shape index (κ2) is 4.38. The fourth-order valence-electron chi connectivity index (χ4n) is 1.91. The summed E-state index contributed by atoms with van der Waals surface area (Å²) in [6, 6.07) is 0. The number of hydrogen-bond acceptors (Lipinski definition) is 4. The van der Waals surface area contributed by atoms with Gasteiger partial charge in [-0.05, 0) is 12.3 Å². The molecule has 0 aromatic carbocycles. The molecule has 1 fully saturated rings. The van der Waals surface area contributed by atoms with Crippen LogP contribution in [0.15, 0.2) is 10.9 Å². The third-order valence-electron chi connectivity index (χ3n) is 2.81. The van der Waals surface area contributed by atoms with E-state index in [4.69, 9.17) is 0 Å². The zero-order valence-electron chi connectivity index (χ0n) is 8.39. The zero-order valence-corrected chi connectivity index (χ0v) is 9.20. The summed E-state index contributed by atoms with van der Waals surface area (Å²) in [5.74, 6) is 0.391. The molecule has 78 valence electrons. The molecule has 4 heteroatoms. The highest BCUT2D eigenvalue weighted by Crippen LogP contribution is 2.18. The minimum atomic E-state index is -0.110. The lowest BCUT2D eigenvalue weighted by atomic mass is 9.97. The number of nitrogens with zero attached hydrogens (tertiary/aromatic N) is 2. The highest BCUT2D eigenvalue weighted by molar-refractivity contribution is 7.07. The quantitative estimate of drug-likeness (QED) is 0.804. The molecule has 3 nitrogen and oxygen atoms in total. The molecule has 14 heavy (non-hydrogen) atoms. The maximum atomic E-state index is 9.58. The number of hydrogen-bond donors (Lipinski definition) is 1. The van der Waals surface area contributed by atoms with E-state index < -0.39 is 0 Å². The molecule has 0 saturated carbocycles. The largest absolute Gasteiger partial charge is 0.393 e. The van der Waals surface area contributed by atoms with Crippen LogP contribution >= 0.6 is 11.3 Å². The summed E-state index contributed by atoms with van der Waals surface area (Å²) in [4.78, 5) is 6.64. The Labute approximate surface area is 88.4 Å². The molecule has 1 aromatic rings. The van der Waals surface area contributed by atoms with Crippen LogP contribution in [0, 0.1) is 5.92 Å². The van der Waals surface area contributed by atoms with Crippen LogP contribution in [0.1, 0.15) is 19.0 Å². The number of aliphatic hydroxyl groups excluding tert-OH is 1. The molecule has 1 saturated heterocycles. The second-order valence-electron chi connectivity index (χ2n) is 4.05. The molecule has 1 aliphatic heterocycles. The Bertz CT molecular complexity index is 276. The van der Waals surface area contributed by atoms with Crippen molar-refractivity contribution in [3.8, 4) is 0 Å². The predicted molar refractivity (Wildman–Crippen MR) is 57.2 cm³/mol. The molecule has 1 N–H and O–H groups in total. The second-order valence-corrected chi connectivity index (χ2v) is 4.77. The SMILES string of the molecule is CC1CN(Cc2cscn2)CCC1O. The van der Waals surface area contributed by atoms with Gasteiger partial charge in [0.25, 0.3) is 0 Å². The van der Waals surface area contributed by atoms with Gasteiger partial charge in [-0.3, -0.25) is 4.90 Å². The Balaban J connectivity index is 1.88. The minimum Gasteiger partial charge on any atom is -0.393 e. The molecular formula is C10H16N2OS. The molecule has 2 unspecified atom stereocenters. The fourth-order valence-corrected chi connectivity index (χ4v) is 2.46. The summed E-state index contributed by atoms with van der Waals surface area (Å²) in [5.41, 5.74) is 3.02. The van der Waals surface area contributed by atoms with Crippen molar-refractivity contribution >= 4 is 11.3 Å². The van der Waals surface area contributed by atoms with Crippen LogP contribution < -0.4 is 0 Å². The predicted octanol–water partition coefficient (Wildman–Crippen LogP) is 1.35. The van der Waals surface area contributed by atoms with Crippen LogP contribution in [-0.4, -0.2) is 34.2 Å². The first kappa shape index (κ1) is 10.1. The fraction of sp³-hybridized carbons (Fsp3) is 0.700. The van der Waals surface area contributed by atoms with Gasteiger partial charge >= 0.3 is 0 Å². The molecule has 0 amide bonds. The number of thiazole rings is 1. The van der Waals surface area contributed by atoms with E-state index in [9.17, 15) is 5.11 Å². The van der Waals surface area contributed by atoms with Crippen LogP contribution in [0.4, 0.5) is 0 Å². The average molecular weight is 212 g/mol. The molecule has 1 aromatic heterocycles. The Morgan fingerprint density at radius 1 is 1.71 bits per heavy atom. The van der Waals surface area contributed by atoms with E-state index in [1.165, 1.54) is 0 Å². The van der Waals surface area contributed by atoms with Gasteiger partial charge < -0.3 is 5.11 Å². The Kier molecular flexibility index (Phi) is 3.15. The lowest BCUT2D eigenvalue weighted by Crippen LogP contribution is -2.41. The van der Waals surface area contributed by atoms with Gasteiger partial charge in [-0.25, -0.2) is 4.98 Å². The monoisotopic (exact) mass is 212 g/mol. The normalized spacial score (nSPS) is 29.3. The Morgan fingerprint density at radius 2 is 2.57 bits per heavy atom. The van der Waals surface area contributed by atoms with E-state index in [1.807, 2.05) is 5.51 Å². The van der Waals surface area contributed by atoms with E-state index in [0.717, 1.165) is 31.7 Å². The molecule has 1 aliphatic rings. The summed E-state index contributed by atoms with van der Waals surface area (Å²) in [7, 11) is 0.